The van der Waals surface area contributed by atoms with Gasteiger partial charge in [-0.15, -0.1) is 0 Å². The molecule has 0 aliphatic rings. The molecule has 0 aromatic rings. The first-order valence-corrected chi connectivity index (χ1v) is 5.26. The van der Waals surface area contributed by atoms with Crippen molar-refractivity contribution in [2.24, 2.45) is 5.92 Å². The van der Waals surface area contributed by atoms with Crippen LogP contribution in [0.25, 0.3) is 0 Å². The predicted molar refractivity (Wildman–Crippen MR) is 60.9 cm³/mol. The second-order valence-electron chi connectivity index (χ2n) is 3.61. The van der Waals surface area contributed by atoms with Crippen LogP contribution in [0.1, 0.15) is 6.92 Å². The van der Waals surface area contributed by atoms with E-state index in [-0.39, 0.29) is 0 Å². The maximum Gasteiger partial charge on any atom is 0.404 e. The maximum atomic E-state index is 10.6. The second kappa shape index (κ2) is 8.91. The summed E-state index contributed by atoms with van der Waals surface area (Å²) in [6.45, 7) is 2.39. The highest BCUT2D eigenvalue weighted by atomic mass is 16.7. The van der Waals surface area contributed by atoms with Gasteiger partial charge in [0.05, 0.1) is 6.04 Å². The van der Waals surface area contributed by atoms with Gasteiger partial charge in [-0.1, -0.05) is 6.92 Å². The third kappa shape index (κ3) is 6.88. The molecule has 100 valence electrons. The van der Waals surface area contributed by atoms with Gasteiger partial charge in [0.25, 0.3) is 0 Å². The number of hydrogen-bond acceptors (Lipinski definition) is 5. The average Bonchev–Trinajstić information content (AvgIpc) is 2.31. The van der Waals surface area contributed by atoms with Gasteiger partial charge in [0.1, 0.15) is 6.29 Å². The highest BCUT2D eigenvalue weighted by Gasteiger charge is 2.18. The Morgan fingerprint density at radius 1 is 1.35 bits per heavy atom. The van der Waals surface area contributed by atoms with Gasteiger partial charge in [-0.25, -0.2) is 4.79 Å². The molecule has 7 nitrogen and oxygen atoms in total. The van der Waals surface area contributed by atoms with Crippen LogP contribution in [0.5, 0.6) is 0 Å². The van der Waals surface area contributed by atoms with Crippen molar-refractivity contribution < 1.29 is 24.2 Å². The van der Waals surface area contributed by atoms with Crippen molar-refractivity contribution in [1.82, 2.24) is 10.6 Å². The fourth-order valence-corrected chi connectivity index (χ4v) is 1.24. The minimum atomic E-state index is -1.15. The fourth-order valence-electron chi connectivity index (χ4n) is 1.24. The number of carboxylic acid groups (broad SMARTS) is 1. The molecule has 0 radical (unpaired) electrons. The summed E-state index contributed by atoms with van der Waals surface area (Å²) in [6, 6.07) is -0.473. The van der Waals surface area contributed by atoms with Gasteiger partial charge in [0, 0.05) is 33.2 Å². The highest BCUT2D eigenvalue weighted by molar-refractivity contribution is 5.66. The lowest BCUT2D eigenvalue weighted by atomic mass is 10.0. The minimum absolute atomic E-state index is 0.329. The van der Waals surface area contributed by atoms with Crippen LogP contribution in [0.2, 0.25) is 0 Å². The van der Waals surface area contributed by atoms with Crippen molar-refractivity contribution in [3.63, 3.8) is 0 Å². The zero-order chi connectivity index (χ0) is 13.3. The van der Waals surface area contributed by atoms with Gasteiger partial charge in [-0.05, 0) is 0 Å². The molecule has 0 aliphatic carbocycles. The number of nitrogens with one attached hydrogen (secondary N) is 2. The molecule has 0 fully saturated rings. The number of carbonyl (C=O) groups is 2. The van der Waals surface area contributed by atoms with Gasteiger partial charge < -0.3 is 30.0 Å². The Morgan fingerprint density at radius 3 is 2.35 bits per heavy atom. The topological polar surface area (TPSA) is 96.9 Å². The molecule has 0 saturated heterocycles. The Labute approximate surface area is 100 Å². The van der Waals surface area contributed by atoms with E-state index in [0.29, 0.717) is 19.4 Å². The standard InChI is InChI=1S/C10H20N2O5/c1-7(6-13)8(12-10(14)15)4-11-5-9(16-2)17-3/h6-9,11-12H,4-5H2,1-3H3,(H,14,15)/t7-,8?/m1/s1. The Kier molecular flexibility index (Phi) is 8.29. The summed E-state index contributed by atoms with van der Waals surface area (Å²) in [7, 11) is 3.02. The monoisotopic (exact) mass is 248 g/mol. The van der Waals surface area contributed by atoms with Crippen LogP contribution in [-0.4, -0.2) is 57.1 Å². The van der Waals surface area contributed by atoms with E-state index in [2.05, 4.69) is 10.6 Å². The normalized spacial score (nSPS) is 14.4. The Balaban J connectivity index is 4.07. The van der Waals surface area contributed by atoms with Crippen molar-refractivity contribution in [2.75, 3.05) is 27.3 Å². The van der Waals surface area contributed by atoms with Gasteiger partial charge >= 0.3 is 6.09 Å². The van der Waals surface area contributed by atoms with Crippen molar-refractivity contribution >= 4 is 12.4 Å². The number of rotatable bonds is 9. The van der Waals surface area contributed by atoms with Gasteiger partial charge in [0.15, 0.2) is 6.29 Å². The molecule has 0 aliphatic heterocycles. The summed E-state index contributed by atoms with van der Waals surface area (Å²) in [5, 5.41) is 13.9. The molecule has 0 heterocycles. The molecule has 0 aromatic heterocycles. The van der Waals surface area contributed by atoms with E-state index in [9.17, 15) is 9.59 Å². The third-order valence-corrected chi connectivity index (χ3v) is 2.36. The summed E-state index contributed by atoms with van der Waals surface area (Å²) in [5.74, 6) is -0.401. The fraction of sp³-hybridized carbons (Fsp3) is 0.800. The molecule has 0 bridgehead atoms. The lowest BCUT2D eigenvalue weighted by Gasteiger charge is -2.21. The summed E-state index contributed by atoms with van der Waals surface area (Å²) >= 11 is 0. The van der Waals surface area contributed by atoms with E-state index in [1.54, 1.807) is 6.92 Å². The quantitative estimate of drug-likeness (QED) is 0.382. The van der Waals surface area contributed by atoms with Crippen molar-refractivity contribution in [3.8, 4) is 0 Å². The summed E-state index contributed by atoms with van der Waals surface area (Å²) in [4.78, 5) is 21.2. The molecule has 0 spiro atoms. The number of ether oxygens (including phenoxy) is 2. The summed E-state index contributed by atoms with van der Waals surface area (Å²) < 4.78 is 9.92. The number of aldehydes is 1. The molecular weight excluding hydrogens is 228 g/mol. The van der Waals surface area contributed by atoms with E-state index < -0.39 is 24.3 Å². The molecule has 0 rings (SSSR count). The molecule has 3 N–H and O–H groups in total. The first-order valence-electron chi connectivity index (χ1n) is 5.26. The van der Waals surface area contributed by atoms with E-state index in [0.717, 1.165) is 0 Å². The Bertz CT molecular complexity index is 233. The van der Waals surface area contributed by atoms with Crippen molar-refractivity contribution in [2.45, 2.75) is 19.3 Å². The van der Waals surface area contributed by atoms with E-state index >= 15 is 0 Å². The second-order valence-corrected chi connectivity index (χ2v) is 3.61. The number of carbonyl (C=O) groups excluding carboxylic acids is 1. The number of methoxy groups -OCH3 is 2. The number of hydrogen-bond donors (Lipinski definition) is 3. The van der Waals surface area contributed by atoms with E-state index in [1.807, 2.05) is 0 Å². The Morgan fingerprint density at radius 2 is 1.94 bits per heavy atom. The average molecular weight is 248 g/mol. The SMILES string of the molecule is COC(CNCC(NC(=O)O)[C@H](C)C=O)OC. The molecule has 17 heavy (non-hydrogen) atoms. The lowest BCUT2D eigenvalue weighted by molar-refractivity contribution is -0.111. The van der Waals surface area contributed by atoms with Crippen LogP contribution in [0, 0.1) is 5.92 Å². The van der Waals surface area contributed by atoms with Crippen LogP contribution in [0.4, 0.5) is 4.79 Å². The van der Waals surface area contributed by atoms with E-state index in [4.69, 9.17) is 14.6 Å². The minimum Gasteiger partial charge on any atom is -0.465 e. The van der Waals surface area contributed by atoms with Gasteiger partial charge in [0.2, 0.25) is 0 Å². The van der Waals surface area contributed by atoms with Crippen LogP contribution < -0.4 is 10.6 Å². The largest absolute Gasteiger partial charge is 0.465 e. The van der Waals surface area contributed by atoms with Crippen LogP contribution >= 0.6 is 0 Å². The molecular formula is C10H20N2O5. The zero-order valence-corrected chi connectivity index (χ0v) is 10.3. The molecule has 7 heteroatoms. The molecule has 0 aromatic carbocycles. The zero-order valence-electron chi connectivity index (χ0n) is 10.3. The predicted octanol–water partition coefficient (Wildman–Crippen LogP) is -0.334. The van der Waals surface area contributed by atoms with Crippen molar-refractivity contribution in [3.05, 3.63) is 0 Å². The first-order chi connectivity index (χ1) is 8.04. The van der Waals surface area contributed by atoms with Gasteiger partial charge in [-0.3, -0.25) is 0 Å². The number of amides is 1. The Hall–Kier alpha value is -1.18. The molecule has 1 unspecified atom stereocenters. The molecule has 1 amide bonds. The maximum absolute atomic E-state index is 10.6. The lowest BCUT2D eigenvalue weighted by Crippen LogP contribution is -2.47. The van der Waals surface area contributed by atoms with Gasteiger partial charge in [-0.2, -0.15) is 0 Å². The summed E-state index contributed by atoms with van der Waals surface area (Å²) in [6.07, 6.45) is -0.834. The smallest absolute Gasteiger partial charge is 0.404 e. The van der Waals surface area contributed by atoms with Crippen molar-refractivity contribution in [1.29, 1.82) is 0 Å². The van der Waals surface area contributed by atoms with Crippen LogP contribution in [-0.2, 0) is 14.3 Å². The van der Waals surface area contributed by atoms with Crippen LogP contribution in [0.3, 0.4) is 0 Å². The van der Waals surface area contributed by atoms with Crippen LogP contribution in [0.15, 0.2) is 0 Å². The highest BCUT2D eigenvalue weighted by Crippen LogP contribution is 1.99. The van der Waals surface area contributed by atoms with E-state index in [1.165, 1.54) is 14.2 Å². The molecule has 2 atom stereocenters. The summed E-state index contributed by atoms with van der Waals surface area (Å²) in [5.41, 5.74) is 0. The molecule has 0 saturated carbocycles. The third-order valence-electron chi connectivity index (χ3n) is 2.36. The first kappa shape index (κ1) is 15.8.